The second kappa shape index (κ2) is 7.60. The maximum Gasteiger partial charge on any atom is 0.236 e. The predicted octanol–water partition coefficient (Wildman–Crippen LogP) is 5.22. The van der Waals surface area contributed by atoms with Crippen molar-refractivity contribution in [3.8, 4) is 10.8 Å². The largest absolute Gasteiger partial charge is 0.440 e. The van der Waals surface area contributed by atoms with Gasteiger partial charge in [0.2, 0.25) is 11.8 Å². The van der Waals surface area contributed by atoms with Crippen LogP contribution in [-0.4, -0.2) is 22.8 Å². The van der Waals surface area contributed by atoms with Crippen LogP contribution in [0.25, 0.3) is 10.8 Å². The smallest absolute Gasteiger partial charge is 0.236 e. The minimum Gasteiger partial charge on any atom is -0.440 e. The zero-order chi connectivity index (χ0) is 18.0. The van der Waals surface area contributed by atoms with E-state index in [9.17, 15) is 4.79 Å². The average molecular weight is 395 g/mol. The Bertz CT molecular complexity index is 891. The number of amides is 1. The van der Waals surface area contributed by atoms with Gasteiger partial charge in [-0.05, 0) is 30.0 Å². The van der Waals surface area contributed by atoms with Gasteiger partial charge in [-0.25, -0.2) is 4.98 Å². The van der Waals surface area contributed by atoms with Gasteiger partial charge in [-0.15, -0.1) is 11.3 Å². The van der Waals surface area contributed by atoms with Crippen molar-refractivity contribution in [1.29, 1.82) is 0 Å². The molecule has 2 heterocycles. The van der Waals surface area contributed by atoms with Gasteiger partial charge in [-0.2, -0.15) is 0 Å². The van der Waals surface area contributed by atoms with Crippen LogP contribution in [0.1, 0.15) is 17.0 Å². The lowest BCUT2D eigenvalue weighted by atomic mass is 10.2. The fourth-order valence-corrected chi connectivity index (χ4v) is 3.42. The number of benzene rings is 1. The Balaban J connectivity index is 1.70. The van der Waals surface area contributed by atoms with Gasteiger partial charge in [0.05, 0.1) is 27.0 Å². The van der Waals surface area contributed by atoms with Crippen molar-refractivity contribution in [3.63, 3.8) is 0 Å². The number of likely N-dealkylation sites (N-methyl/N-ethyl adjacent to an activating group) is 1. The summed E-state index contributed by atoms with van der Waals surface area (Å²) >= 11 is 13.8. The molecule has 0 aliphatic carbocycles. The Hall–Kier alpha value is -1.82. The molecule has 0 fully saturated rings. The van der Waals surface area contributed by atoms with Crippen molar-refractivity contribution < 1.29 is 9.21 Å². The van der Waals surface area contributed by atoms with Gasteiger partial charge >= 0.3 is 0 Å². The van der Waals surface area contributed by atoms with Crippen LogP contribution in [-0.2, 0) is 17.8 Å². The summed E-state index contributed by atoms with van der Waals surface area (Å²) < 4.78 is 5.68. The molecule has 7 heteroatoms. The van der Waals surface area contributed by atoms with E-state index in [0.717, 1.165) is 10.4 Å². The fourth-order valence-electron chi connectivity index (χ4n) is 2.39. The van der Waals surface area contributed by atoms with Gasteiger partial charge in [0.15, 0.2) is 0 Å². The van der Waals surface area contributed by atoms with Crippen LogP contribution in [0.3, 0.4) is 0 Å². The van der Waals surface area contributed by atoms with Crippen LogP contribution >= 0.6 is 34.5 Å². The van der Waals surface area contributed by atoms with Crippen LogP contribution in [0.2, 0.25) is 10.0 Å². The van der Waals surface area contributed by atoms with E-state index in [2.05, 4.69) is 4.98 Å². The number of aryl methyl sites for hydroxylation is 1. The molecule has 1 aromatic carbocycles. The number of aromatic nitrogens is 1. The summed E-state index contributed by atoms with van der Waals surface area (Å²) in [5.74, 6) is 1.15. The molecule has 0 saturated heterocycles. The van der Waals surface area contributed by atoms with Crippen molar-refractivity contribution in [3.05, 3.63) is 62.8 Å². The van der Waals surface area contributed by atoms with E-state index in [1.807, 2.05) is 36.6 Å². The van der Waals surface area contributed by atoms with Gasteiger partial charge in [-0.1, -0.05) is 41.4 Å². The first-order valence-corrected chi connectivity index (χ1v) is 9.26. The molecule has 25 heavy (non-hydrogen) atoms. The third-order valence-corrected chi connectivity index (χ3v) is 5.52. The second-order valence-electron chi connectivity index (χ2n) is 5.64. The standard InChI is InChI=1S/C18H16Cl2N2O2S/c1-11-14(21-18(24-11)15-7-4-8-25-15)9-16(23)22(2)10-12-5-3-6-13(19)17(12)20/h3-8H,9-10H2,1-2H3. The van der Waals surface area contributed by atoms with Gasteiger partial charge in [-0.3, -0.25) is 4.79 Å². The molecule has 0 radical (unpaired) electrons. The highest BCUT2D eigenvalue weighted by atomic mass is 35.5. The number of carbonyl (C=O) groups is 1. The Kier molecular flexibility index (Phi) is 5.47. The fraction of sp³-hybridized carbons (Fsp3) is 0.222. The monoisotopic (exact) mass is 394 g/mol. The lowest BCUT2D eigenvalue weighted by molar-refractivity contribution is -0.129. The Morgan fingerprint density at radius 1 is 1.28 bits per heavy atom. The molecular weight excluding hydrogens is 379 g/mol. The normalized spacial score (nSPS) is 10.9. The minimum atomic E-state index is -0.0647. The summed E-state index contributed by atoms with van der Waals surface area (Å²) in [5.41, 5.74) is 1.46. The van der Waals surface area contributed by atoms with E-state index in [1.165, 1.54) is 0 Å². The average Bonchev–Trinajstić information content (AvgIpc) is 3.22. The zero-order valence-corrected chi connectivity index (χ0v) is 16.1. The molecule has 0 saturated carbocycles. The second-order valence-corrected chi connectivity index (χ2v) is 7.37. The lowest BCUT2D eigenvalue weighted by Crippen LogP contribution is -2.28. The number of thiophene rings is 1. The van der Waals surface area contributed by atoms with Crippen LogP contribution in [0.4, 0.5) is 0 Å². The molecule has 0 atom stereocenters. The van der Waals surface area contributed by atoms with Crippen molar-refractivity contribution in [1.82, 2.24) is 9.88 Å². The summed E-state index contributed by atoms with van der Waals surface area (Å²) in [7, 11) is 1.73. The summed E-state index contributed by atoms with van der Waals surface area (Å²) in [6.07, 6.45) is 0.176. The van der Waals surface area contributed by atoms with E-state index < -0.39 is 0 Å². The van der Waals surface area contributed by atoms with Crippen LogP contribution < -0.4 is 0 Å². The zero-order valence-electron chi connectivity index (χ0n) is 13.8. The summed E-state index contributed by atoms with van der Waals surface area (Å²) in [5, 5.41) is 2.91. The van der Waals surface area contributed by atoms with Crippen molar-refractivity contribution in [2.75, 3.05) is 7.05 Å². The minimum absolute atomic E-state index is 0.0647. The molecule has 3 aromatic rings. The number of hydrogen-bond acceptors (Lipinski definition) is 4. The van der Waals surface area contributed by atoms with Gasteiger partial charge in [0.1, 0.15) is 5.76 Å². The Morgan fingerprint density at radius 2 is 2.08 bits per heavy atom. The van der Waals surface area contributed by atoms with Gasteiger partial charge in [0.25, 0.3) is 0 Å². The molecule has 130 valence electrons. The summed E-state index contributed by atoms with van der Waals surface area (Å²) in [6.45, 7) is 2.20. The number of carbonyl (C=O) groups excluding carboxylic acids is 1. The van der Waals surface area contributed by atoms with E-state index in [0.29, 0.717) is 33.9 Å². The third kappa shape index (κ3) is 4.06. The SMILES string of the molecule is Cc1oc(-c2cccs2)nc1CC(=O)N(C)Cc1cccc(Cl)c1Cl. The molecule has 2 aromatic heterocycles. The first-order chi connectivity index (χ1) is 12.0. The highest BCUT2D eigenvalue weighted by Crippen LogP contribution is 2.28. The predicted molar refractivity (Wildman–Crippen MR) is 101 cm³/mol. The number of halogens is 2. The molecule has 3 rings (SSSR count). The molecule has 0 aliphatic rings. The first kappa shape index (κ1) is 18.0. The summed E-state index contributed by atoms with van der Waals surface area (Å²) in [4.78, 5) is 19.5. The molecular formula is C18H16Cl2N2O2S. The number of oxazole rings is 1. The Labute approximate surface area is 160 Å². The van der Waals surface area contributed by atoms with Crippen molar-refractivity contribution in [2.45, 2.75) is 19.9 Å². The van der Waals surface area contributed by atoms with Gasteiger partial charge in [0, 0.05) is 13.6 Å². The molecule has 0 spiro atoms. The maximum absolute atomic E-state index is 12.5. The van der Waals surface area contributed by atoms with Crippen molar-refractivity contribution in [2.24, 2.45) is 0 Å². The number of nitrogens with zero attached hydrogens (tertiary/aromatic N) is 2. The van der Waals surface area contributed by atoms with E-state index >= 15 is 0 Å². The number of rotatable bonds is 5. The third-order valence-electron chi connectivity index (χ3n) is 3.81. The van der Waals surface area contributed by atoms with Crippen LogP contribution in [0, 0.1) is 6.92 Å². The Morgan fingerprint density at radius 3 is 2.80 bits per heavy atom. The molecule has 0 N–H and O–H groups in total. The summed E-state index contributed by atoms with van der Waals surface area (Å²) in [6, 6.07) is 9.27. The highest BCUT2D eigenvalue weighted by molar-refractivity contribution is 7.13. The van der Waals surface area contributed by atoms with Crippen molar-refractivity contribution >= 4 is 40.4 Å². The molecule has 0 bridgehead atoms. The molecule has 1 amide bonds. The highest BCUT2D eigenvalue weighted by Gasteiger charge is 2.18. The van der Waals surface area contributed by atoms with E-state index in [1.54, 1.807) is 29.4 Å². The quantitative estimate of drug-likeness (QED) is 0.595. The maximum atomic E-state index is 12.5. The van der Waals surface area contributed by atoms with Gasteiger partial charge < -0.3 is 9.32 Å². The molecule has 0 unspecified atom stereocenters. The first-order valence-electron chi connectivity index (χ1n) is 7.62. The van der Waals surface area contributed by atoms with E-state index in [-0.39, 0.29) is 12.3 Å². The lowest BCUT2D eigenvalue weighted by Gasteiger charge is -2.18. The molecule has 0 aliphatic heterocycles. The number of hydrogen-bond donors (Lipinski definition) is 0. The van der Waals surface area contributed by atoms with Crippen LogP contribution in [0.15, 0.2) is 40.1 Å². The van der Waals surface area contributed by atoms with E-state index in [4.69, 9.17) is 27.6 Å². The van der Waals surface area contributed by atoms with Crippen LogP contribution in [0.5, 0.6) is 0 Å². The molecule has 4 nitrogen and oxygen atoms in total. The topological polar surface area (TPSA) is 46.3 Å².